The first kappa shape index (κ1) is 30.0. The monoisotopic (exact) mass is 532 g/mol. The summed E-state index contributed by atoms with van der Waals surface area (Å²) in [6.07, 6.45) is -1.17. The number of aliphatic hydroxyl groups excluding tert-OH is 1. The number of nitrogens with one attached hydrogen (secondary N) is 2. The van der Waals surface area contributed by atoms with Crippen molar-refractivity contribution in [2.45, 2.75) is 58.6 Å². The van der Waals surface area contributed by atoms with Gasteiger partial charge in [-0.15, -0.1) is 0 Å². The lowest BCUT2D eigenvalue weighted by atomic mass is 9.93. The maximum Gasteiger partial charge on any atom is 0.251 e. The van der Waals surface area contributed by atoms with Gasteiger partial charge in [-0.05, 0) is 23.1 Å². The molecular formula is C32H40N2O5. The number of carbonyl (C=O) groups is 2. The van der Waals surface area contributed by atoms with Crippen molar-refractivity contribution in [3.63, 3.8) is 0 Å². The zero-order valence-electron chi connectivity index (χ0n) is 23.0. The summed E-state index contributed by atoms with van der Waals surface area (Å²) >= 11 is 0. The Labute approximate surface area is 231 Å². The molecule has 0 fully saturated rings. The average Bonchev–Trinajstić information content (AvgIpc) is 2.93. The van der Waals surface area contributed by atoms with Crippen LogP contribution in [0.3, 0.4) is 0 Å². The SMILES string of the molecule is CC(C)(C)C(=O)N[C@@H](Cc1ccccc1)C(O)C(=O)NC(COCc1ccccc1)COCc1ccccc1. The molecular weight excluding hydrogens is 492 g/mol. The van der Waals surface area contributed by atoms with Gasteiger partial charge in [0.05, 0.1) is 38.5 Å². The van der Waals surface area contributed by atoms with Crippen molar-refractivity contribution in [1.82, 2.24) is 10.6 Å². The fraction of sp³-hybridized carbons (Fsp3) is 0.375. The fourth-order valence-corrected chi connectivity index (χ4v) is 3.88. The second kappa shape index (κ2) is 15.2. The molecule has 0 aliphatic carbocycles. The molecule has 3 aromatic carbocycles. The molecule has 0 aliphatic rings. The highest BCUT2D eigenvalue weighted by atomic mass is 16.5. The van der Waals surface area contributed by atoms with Crippen molar-refractivity contribution in [2.24, 2.45) is 5.41 Å². The topological polar surface area (TPSA) is 96.9 Å². The summed E-state index contributed by atoms with van der Waals surface area (Å²) in [6, 6.07) is 27.7. The Morgan fingerprint density at radius 2 is 1.15 bits per heavy atom. The van der Waals surface area contributed by atoms with E-state index in [1.807, 2.05) is 91.0 Å². The van der Waals surface area contributed by atoms with Crippen LogP contribution in [0.25, 0.3) is 0 Å². The van der Waals surface area contributed by atoms with Crippen LogP contribution in [0, 0.1) is 5.41 Å². The van der Waals surface area contributed by atoms with E-state index in [2.05, 4.69) is 10.6 Å². The fourth-order valence-electron chi connectivity index (χ4n) is 3.88. The first-order chi connectivity index (χ1) is 18.7. The molecule has 0 radical (unpaired) electrons. The van der Waals surface area contributed by atoms with E-state index in [1.165, 1.54) is 0 Å². The van der Waals surface area contributed by atoms with E-state index in [4.69, 9.17) is 9.47 Å². The predicted molar refractivity (Wildman–Crippen MR) is 152 cm³/mol. The molecule has 0 spiro atoms. The Morgan fingerprint density at radius 1 is 0.718 bits per heavy atom. The third-order valence-corrected chi connectivity index (χ3v) is 6.15. The van der Waals surface area contributed by atoms with Crippen LogP contribution in [-0.4, -0.2) is 48.3 Å². The van der Waals surface area contributed by atoms with Gasteiger partial charge in [-0.3, -0.25) is 9.59 Å². The maximum absolute atomic E-state index is 13.3. The van der Waals surface area contributed by atoms with E-state index in [0.717, 1.165) is 16.7 Å². The summed E-state index contributed by atoms with van der Waals surface area (Å²) in [4.78, 5) is 26.0. The van der Waals surface area contributed by atoms with Crippen LogP contribution in [0.2, 0.25) is 0 Å². The highest BCUT2D eigenvalue weighted by Crippen LogP contribution is 2.15. The van der Waals surface area contributed by atoms with E-state index in [1.54, 1.807) is 20.8 Å². The molecule has 0 aromatic heterocycles. The molecule has 0 saturated carbocycles. The van der Waals surface area contributed by atoms with Crippen LogP contribution < -0.4 is 10.6 Å². The predicted octanol–water partition coefficient (Wildman–Crippen LogP) is 4.04. The third-order valence-electron chi connectivity index (χ3n) is 6.15. The smallest absolute Gasteiger partial charge is 0.251 e. The minimum Gasteiger partial charge on any atom is -0.381 e. The minimum absolute atomic E-state index is 0.194. The lowest BCUT2D eigenvalue weighted by molar-refractivity contribution is -0.135. The molecule has 3 rings (SSSR count). The van der Waals surface area contributed by atoms with Gasteiger partial charge in [0.1, 0.15) is 0 Å². The maximum atomic E-state index is 13.3. The molecule has 7 heteroatoms. The van der Waals surface area contributed by atoms with Gasteiger partial charge in [0.2, 0.25) is 5.91 Å². The zero-order valence-corrected chi connectivity index (χ0v) is 23.0. The molecule has 2 atom stereocenters. The molecule has 0 saturated heterocycles. The Bertz CT molecular complexity index is 1090. The summed E-state index contributed by atoms with van der Waals surface area (Å²) in [6.45, 7) is 6.52. The quantitative estimate of drug-likeness (QED) is 0.291. The molecule has 39 heavy (non-hydrogen) atoms. The number of carbonyl (C=O) groups excluding carboxylic acids is 2. The number of amides is 2. The highest BCUT2D eigenvalue weighted by molar-refractivity contribution is 5.85. The van der Waals surface area contributed by atoms with Crippen molar-refractivity contribution in [2.75, 3.05) is 13.2 Å². The van der Waals surface area contributed by atoms with Crippen LogP contribution in [0.4, 0.5) is 0 Å². The second-order valence-electron chi connectivity index (χ2n) is 10.7. The number of hydrogen-bond donors (Lipinski definition) is 3. The Balaban J connectivity index is 1.66. The van der Waals surface area contributed by atoms with Gasteiger partial charge in [0.25, 0.3) is 5.91 Å². The minimum atomic E-state index is -1.47. The molecule has 1 unspecified atom stereocenters. The van der Waals surface area contributed by atoms with Gasteiger partial charge < -0.3 is 25.2 Å². The molecule has 0 aliphatic heterocycles. The van der Waals surface area contributed by atoms with Crippen molar-refractivity contribution in [1.29, 1.82) is 0 Å². The van der Waals surface area contributed by atoms with Gasteiger partial charge >= 0.3 is 0 Å². The Morgan fingerprint density at radius 3 is 1.59 bits per heavy atom. The van der Waals surface area contributed by atoms with Crippen molar-refractivity contribution >= 4 is 11.8 Å². The summed E-state index contributed by atoms with van der Waals surface area (Å²) < 4.78 is 11.8. The zero-order chi connectivity index (χ0) is 28.1. The molecule has 2 amide bonds. The van der Waals surface area contributed by atoms with Gasteiger partial charge in [0.15, 0.2) is 6.10 Å². The van der Waals surface area contributed by atoms with E-state index < -0.39 is 29.5 Å². The third kappa shape index (κ3) is 10.6. The summed E-state index contributed by atoms with van der Waals surface area (Å²) in [5, 5.41) is 16.9. The summed E-state index contributed by atoms with van der Waals surface area (Å²) in [7, 11) is 0. The largest absolute Gasteiger partial charge is 0.381 e. The van der Waals surface area contributed by atoms with Crippen molar-refractivity contribution in [3.05, 3.63) is 108 Å². The highest BCUT2D eigenvalue weighted by Gasteiger charge is 2.32. The Hall–Kier alpha value is -3.52. The number of aliphatic hydroxyl groups is 1. The first-order valence-corrected chi connectivity index (χ1v) is 13.3. The average molecular weight is 533 g/mol. The Kier molecular flexibility index (Phi) is 11.7. The number of rotatable bonds is 14. The van der Waals surface area contributed by atoms with Gasteiger partial charge in [0, 0.05) is 5.41 Å². The van der Waals surface area contributed by atoms with Crippen molar-refractivity contribution in [3.8, 4) is 0 Å². The normalized spacial score (nSPS) is 13.1. The van der Waals surface area contributed by atoms with E-state index in [9.17, 15) is 14.7 Å². The standard InChI is InChI=1S/C32H40N2O5/c1-32(2,3)31(37)34-28(19-24-13-7-4-8-14-24)29(35)30(36)33-27(22-38-20-25-15-9-5-10-16-25)23-39-21-26-17-11-6-12-18-26/h4-18,27-29,35H,19-23H2,1-3H3,(H,33,36)(H,34,37)/t28-,29?/m0/s1. The van der Waals surface area contributed by atoms with Crippen LogP contribution >= 0.6 is 0 Å². The number of ether oxygens (including phenoxy) is 2. The van der Waals surface area contributed by atoms with E-state index in [-0.39, 0.29) is 19.1 Å². The molecule has 0 heterocycles. The first-order valence-electron chi connectivity index (χ1n) is 13.3. The van der Waals surface area contributed by atoms with Crippen LogP contribution in [0.1, 0.15) is 37.5 Å². The number of hydrogen-bond acceptors (Lipinski definition) is 5. The molecule has 7 nitrogen and oxygen atoms in total. The van der Waals surface area contributed by atoms with E-state index in [0.29, 0.717) is 19.6 Å². The lowest BCUT2D eigenvalue weighted by Crippen LogP contribution is -2.56. The van der Waals surface area contributed by atoms with Gasteiger partial charge in [-0.1, -0.05) is 112 Å². The van der Waals surface area contributed by atoms with Crippen LogP contribution in [-0.2, 0) is 38.7 Å². The lowest BCUT2D eigenvalue weighted by Gasteiger charge is -2.29. The molecule has 0 bridgehead atoms. The molecule has 3 N–H and O–H groups in total. The van der Waals surface area contributed by atoms with Crippen LogP contribution in [0.5, 0.6) is 0 Å². The van der Waals surface area contributed by atoms with Crippen molar-refractivity contribution < 1.29 is 24.2 Å². The van der Waals surface area contributed by atoms with Crippen LogP contribution in [0.15, 0.2) is 91.0 Å². The molecule has 3 aromatic rings. The number of benzene rings is 3. The van der Waals surface area contributed by atoms with E-state index >= 15 is 0 Å². The summed E-state index contributed by atoms with van der Waals surface area (Å²) in [5.74, 6) is -0.842. The van der Waals surface area contributed by atoms with Gasteiger partial charge in [-0.2, -0.15) is 0 Å². The second-order valence-corrected chi connectivity index (χ2v) is 10.7. The summed E-state index contributed by atoms with van der Waals surface area (Å²) in [5.41, 5.74) is 2.25. The molecule has 208 valence electrons. The van der Waals surface area contributed by atoms with Gasteiger partial charge in [-0.25, -0.2) is 0 Å².